The Balaban J connectivity index is 2.98. The van der Waals surface area contributed by atoms with Crippen LogP contribution in [0.15, 0.2) is 24.3 Å². The molecule has 0 fully saturated rings. The van der Waals surface area contributed by atoms with Gasteiger partial charge in [-0.15, -0.1) is 0 Å². The van der Waals surface area contributed by atoms with Gasteiger partial charge in [-0.05, 0) is 25.0 Å². The molecule has 0 aliphatic carbocycles. The highest BCUT2D eigenvalue weighted by Gasteiger charge is 2.33. The Kier molecular flexibility index (Phi) is 5.01. The van der Waals surface area contributed by atoms with Crippen LogP contribution in [0, 0.1) is 0 Å². The van der Waals surface area contributed by atoms with Crippen molar-refractivity contribution in [3.05, 3.63) is 24.3 Å². The molecule has 0 aliphatic heterocycles. The van der Waals surface area contributed by atoms with Gasteiger partial charge in [0.1, 0.15) is 11.3 Å². The zero-order valence-electron chi connectivity index (χ0n) is 11.3. The first-order chi connectivity index (χ1) is 8.57. The average molecular weight is 250 g/mol. The molecule has 1 amide bonds. The van der Waals surface area contributed by atoms with E-state index in [1.165, 1.54) is 0 Å². The fourth-order valence-corrected chi connectivity index (χ4v) is 2.09. The molecule has 1 aromatic carbocycles. The highest BCUT2D eigenvalue weighted by molar-refractivity contribution is 5.88. The number of rotatable bonds is 7. The SMILES string of the molecule is CCCC(CC)(Nc1cccc(OC)c1)C(N)=O. The summed E-state index contributed by atoms with van der Waals surface area (Å²) in [6, 6.07) is 7.52. The summed E-state index contributed by atoms with van der Waals surface area (Å²) in [6.45, 7) is 4.01. The number of benzene rings is 1. The van der Waals surface area contributed by atoms with Crippen LogP contribution in [-0.2, 0) is 4.79 Å². The van der Waals surface area contributed by atoms with Crippen LogP contribution in [0.2, 0.25) is 0 Å². The van der Waals surface area contributed by atoms with Gasteiger partial charge >= 0.3 is 0 Å². The minimum absolute atomic E-state index is 0.310. The molecule has 4 nitrogen and oxygen atoms in total. The summed E-state index contributed by atoms with van der Waals surface area (Å²) in [7, 11) is 1.62. The topological polar surface area (TPSA) is 64.3 Å². The molecule has 0 bridgehead atoms. The number of ether oxygens (including phenoxy) is 1. The first-order valence-corrected chi connectivity index (χ1v) is 6.30. The smallest absolute Gasteiger partial charge is 0.243 e. The van der Waals surface area contributed by atoms with Crippen LogP contribution in [0.3, 0.4) is 0 Å². The maximum absolute atomic E-state index is 11.7. The molecule has 1 aromatic rings. The van der Waals surface area contributed by atoms with Gasteiger partial charge in [-0.2, -0.15) is 0 Å². The quantitative estimate of drug-likeness (QED) is 0.781. The monoisotopic (exact) mass is 250 g/mol. The minimum Gasteiger partial charge on any atom is -0.497 e. The normalized spacial score (nSPS) is 13.7. The molecule has 0 saturated heterocycles. The predicted octanol–water partition coefficient (Wildman–Crippen LogP) is 2.54. The van der Waals surface area contributed by atoms with Crippen molar-refractivity contribution < 1.29 is 9.53 Å². The summed E-state index contributed by atoms with van der Waals surface area (Å²) in [5, 5.41) is 3.26. The standard InChI is InChI=1S/C14H22N2O2/c1-4-9-14(5-2,13(15)17)16-11-7-6-8-12(10-11)18-3/h6-8,10,16H,4-5,9H2,1-3H3,(H2,15,17). The van der Waals surface area contributed by atoms with Crippen LogP contribution in [0.5, 0.6) is 5.75 Å². The molecule has 18 heavy (non-hydrogen) atoms. The van der Waals surface area contributed by atoms with Crippen LogP contribution in [-0.4, -0.2) is 18.6 Å². The first-order valence-electron chi connectivity index (χ1n) is 6.30. The lowest BCUT2D eigenvalue weighted by Gasteiger charge is -2.31. The molecule has 0 aliphatic rings. The molecule has 1 unspecified atom stereocenters. The fraction of sp³-hybridized carbons (Fsp3) is 0.500. The third-order valence-corrected chi connectivity index (χ3v) is 3.21. The molecule has 1 atom stereocenters. The zero-order chi connectivity index (χ0) is 13.6. The largest absolute Gasteiger partial charge is 0.497 e. The lowest BCUT2D eigenvalue weighted by atomic mass is 9.89. The summed E-state index contributed by atoms with van der Waals surface area (Å²) in [5.41, 5.74) is 5.72. The van der Waals surface area contributed by atoms with Crippen LogP contribution in [0.25, 0.3) is 0 Å². The summed E-state index contributed by atoms with van der Waals surface area (Å²) < 4.78 is 5.17. The second-order valence-electron chi connectivity index (χ2n) is 4.41. The number of nitrogens with two attached hydrogens (primary N) is 1. The number of amides is 1. The van der Waals surface area contributed by atoms with E-state index in [0.717, 1.165) is 24.3 Å². The second-order valence-corrected chi connectivity index (χ2v) is 4.41. The van der Waals surface area contributed by atoms with Gasteiger partial charge in [0.15, 0.2) is 0 Å². The Hall–Kier alpha value is -1.71. The van der Waals surface area contributed by atoms with Gasteiger partial charge < -0.3 is 15.8 Å². The maximum atomic E-state index is 11.7. The van der Waals surface area contributed by atoms with E-state index in [0.29, 0.717) is 6.42 Å². The van der Waals surface area contributed by atoms with E-state index in [-0.39, 0.29) is 5.91 Å². The summed E-state index contributed by atoms with van der Waals surface area (Å²) >= 11 is 0. The van der Waals surface area contributed by atoms with Gasteiger partial charge in [-0.3, -0.25) is 4.79 Å². The Bertz CT molecular complexity index is 407. The van der Waals surface area contributed by atoms with Crippen molar-refractivity contribution in [2.45, 2.75) is 38.6 Å². The zero-order valence-corrected chi connectivity index (χ0v) is 11.3. The van der Waals surface area contributed by atoms with Crippen molar-refractivity contribution in [3.8, 4) is 5.75 Å². The molecule has 0 radical (unpaired) electrons. The first kappa shape index (κ1) is 14.4. The highest BCUT2D eigenvalue weighted by Crippen LogP contribution is 2.26. The Labute approximate surface area is 109 Å². The summed E-state index contributed by atoms with van der Waals surface area (Å²) in [6.07, 6.45) is 2.27. The van der Waals surface area contributed by atoms with Crippen molar-refractivity contribution in [1.82, 2.24) is 0 Å². The van der Waals surface area contributed by atoms with Crippen molar-refractivity contribution in [2.75, 3.05) is 12.4 Å². The molecule has 3 N–H and O–H groups in total. The van der Waals surface area contributed by atoms with Crippen molar-refractivity contribution in [1.29, 1.82) is 0 Å². The van der Waals surface area contributed by atoms with Crippen molar-refractivity contribution >= 4 is 11.6 Å². The number of carbonyl (C=O) groups is 1. The van der Waals surface area contributed by atoms with Crippen molar-refractivity contribution in [3.63, 3.8) is 0 Å². The van der Waals surface area contributed by atoms with Gasteiger partial charge in [-0.25, -0.2) is 0 Å². The summed E-state index contributed by atoms with van der Waals surface area (Å²) in [4.78, 5) is 11.7. The van der Waals surface area contributed by atoms with E-state index in [9.17, 15) is 4.79 Å². The number of hydrogen-bond donors (Lipinski definition) is 2. The second kappa shape index (κ2) is 6.28. The van der Waals surface area contributed by atoms with Gasteiger partial charge in [0.2, 0.25) is 5.91 Å². The lowest BCUT2D eigenvalue weighted by Crippen LogP contribution is -2.50. The van der Waals surface area contributed by atoms with E-state index in [1.54, 1.807) is 7.11 Å². The number of methoxy groups -OCH3 is 1. The van der Waals surface area contributed by atoms with Crippen LogP contribution >= 0.6 is 0 Å². The molecule has 4 heteroatoms. The molecular formula is C14H22N2O2. The van der Waals surface area contributed by atoms with Crippen LogP contribution in [0.4, 0.5) is 5.69 Å². The van der Waals surface area contributed by atoms with E-state index in [2.05, 4.69) is 5.32 Å². The van der Waals surface area contributed by atoms with E-state index < -0.39 is 5.54 Å². The van der Waals surface area contributed by atoms with Crippen LogP contribution < -0.4 is 15.8 Å². The number of carbonyl (C=O) groups excluding carboxylic acids is 1. The van der Waals surface area contributed by atoms with Crippen molar-refractivity contribution in [2.24, 2.45) is 5.73 Å². The van der Waals surface area contributed by atoms with E-state index >= 15 is 0 Å². The maximum Gasteiger partial charge on any atom is 0.243 e. The Morgan fingerprint density at radius 3 is 2.67 bits per heavy atom. The lowest BCUT2D eigenvalue weighted by molar-refractivity contribution is -0.122. The Morgan fingerprint density at radius 1 is 1.44 bits per heavy atom. The molecule has 0 saturated carbocycles. The number of primary amides is 1. The minimum atomic E-state index is -0.679. The Morgan fingerprint density at radius 2 is 2.17 bits per heavy atom. The number of nitrogens with one attached hydrogen (secondary N) is 1. The molecule has 1 rings (SSSR count). The van der Waals surface area contributed by atoms with Crippen LogP contribution in [0.1, 0.15) is 33.1 Å². The summed E-state index contributed by atoms with van der Waals surface area (Å²) in [5.74, 6) is 0.445. The molecule has 100 valence electrons. The third kappa shape index (κ3) is 3.15. The van der Waals surface area contributed by atoms with Gasteiger partial charge in [0.25, 0.3) is 0 Å². The number of anilines is 1. The molecule has 0 heterocycles. The van der Waals surface area contributed by atoms with Gasteiger partial charge in [-0.1, -0.05) is 26.3 Å². The molecule has 0 spiro atoms. The fourth-order valence-electron chi connectivity index (χ4n) is 2.09. The van der Waals surface area contributed by atoms with Gasteiger partial charge in [0, 0.05) is 11.8 Å². The molecule has 0 aromatic heterocycles. The van der Waals surface area contributed by atoms with Gasteiger partial charge in [0.05, 0.1) is 7.11 Å². The highest BCUT2D eigenvalue weighted by atomic mass is 16.5. The number of hydrogen-bond acceptors (Lipinski definition) is 3. The average Bonchev–Trinajstić information content (AvgIpc) is 2.38. The molecular weight excluding hydrogens is 228 g/mol. The van der Waals surface area contributed by atoms with E-state index in [1.807, 2.05) is 38.1 Å². The van der Waals surface area contributed by atoms with E-state index in [4.69, 9.17) is 10.5 Å². The third-order valence-electron chi connectivity index (χ3n) is 3.21. The predicted molar refractivity (Wildman–Crippen MR) is 73.7 cm³/mol.